The summed E-state index contributed by atoms with van der Waals surface area (Å²) in [6.07, 6.45) is 1.47. The van der Waals surface area contributed by atoms with Crippen molar-refractivity contribution in [3.8, 4) is 0 Å². The molecule has 0 fully saturated rings. The fraction of sp³-hybridized carbons (Fsp3) is 0.625. The first kappa shape index (κ1) is 18.6. The van der Waals surface area contributed by atoms with Gasteiger partial charge in [0.25, 0.3) is 0 Å². The van der Waals surface area contributed by atoms with Crippen LogP contribution in [-0.2, 0) is 15.9 Å². The first-order chi connectivity index (χ1) is 10.1. The Balaban J connectivity index is 2.81. The highest BCUT2D eigenvalue weighted by Crippen LogP contribution is 2.19. The van der Waals surface area contributed by atoms with E-state index < -0.39 is 0 Å². The Kier molecular flexibility index (Phi) is 9.08. The number of benzene rings is 1. The van der Waals surface area contributed by atoms with E-state index in [9.17, 15) is 4.39 Å². The minimum Gasteiger partial charge on any atom is -0.351 e. The highest BCUT2D eigenvalue weighted by Gasteiger charge is 2.22. The first-order valence-corrected chi connectivity index (χ1v) is 8.32. The summed E-state index contributed by atoms with van der Waals surface area (Å²) in [6, 6.07) is 5.13. The van der Waals surface area contributed by atoms with E-state index in [1.54, 1.807) is 6.07 Å². The zero-order valence-electron chi connectivity index (χ0n) is 13.0. The molecule has 0 aromatic heterocycles. The van der Waals surface area contributed by atoms with E-state index in [1.807, 2.05) is 19.9 Å². The fourth-order valence-electron chi connectivity index (χ4n) is 2.12. The molecule has 0 aliphatic carbocycles. The third-order valence-electron chi connectivity index (χ3n) is 3.09. The van der Waals surface area contributed by atoms with E-state index in [4.69, 9.17) is 9.47 Å². The van der Waals surface area contributed by atoms with Gasteiger partial charge in [-0.3, -0.25) is 0 Å². The lowest BCUT2D eigenvalue weighted by molar-refractivity contribution is -0.153. The maximum absolute atomic E-state index is 13.3. The third-order valence-corrected chi connectivity index (χ3v) is 3.69. The zero-order chi connectivity index (χ0) is 15.7. The molecule has 1 N–H and O–H groups in total. The summed E-state index contributed by atoms with van der Waals surface area (Å²) in [5, 5.41) is 3.46. The molecule has 21 heavy (non-hydrogen) atoms. The first-order valence-electron chi connectivity index (χ1n) is 7.52. The minimum atomic E-state index is -0.296. The average Bonchev–Trinajstić information content (AvgIpc) is 2.47. The molecule has 1 unspecified atom stereocenters. The Hall–Kier alpha value is -0.490. The van der Waals surface area contributed by atoms with E-state index >= 15 is 0 Å². The van der Waals surface area contributed by atoms with Crippen molar-refractivity contribution in [1.82, 2.24) is 5.32 Å². The van der Waals surface area contributed by atoms with Crippen LogP contribution in [-0.4, -0.2) is 32.1 Å². The summed E-state index contributed by atoms with van der Waals surface area (Å²) >= 11 is 3.23. The second-order valence-electron chi connectivity index (χ2n) is 4.79. The maximum Gasteiger partial charge on any atom is 0.172 e. The van der Waals surface area contributed by atoms with Gasteiger partial charge in [0.2, 0.25) is 0 Å². The van der Waals surface area contributed by atoms with E-state index in [0.29, 0.717) is 17.7 Å². The van der Waals surface area contributed by atoms with Crippen LogP contribution in [0.5, 0.6) is 0 Å². The van der Waals surface area contributed by atoms with Crippen molar-refractivity contribution in [2.24, 2.45) is 0 Å². The molecule has 0 radical (unpaired) electrons. The second-order valence-corrected chi connectivity index (χ2v) is 5.65. The van der Waals surface area contributed by atoms with Crippen LogP contribution in [0.1, 0.15) is 32.8 Å². The van der Waals surface area contributed by atoms with Crippen LogP contribution in [0.15, 0.2) is 22.7 Å². The van der Waals surface area contributed by atoms with Crippen molar-refractivity contribution < 1.29 is 13.9 Å². The average molecular weight is 362 g/mol. The van der Waals surface area contributed by atoms with Crippen LogP contribution in [0.25, 0.3) is 0 Å². The second kappa shape index (κ2) is 10.3. The molecule has 1 rings (SSSR count). The molecule has 0 heterocycles. The van der Waals surface area contributed by atoms with Gasteiger partial charge in [-0.25, -0.2) is 4.39 Å². The molecule has 1 aromatic carbocycles. The lowest BCUT2D eigenvalue weighted by Crippen LogP contribution is -2.45. The summed E-state index contributed by atoms with van der Waals surface area (Å²) in [6.45, 7) is 8.12. The number of hydrogen-bond donors (Lipinski definition) is 1. The molecule has 1 atom stereocenters. The molecular weight excluding hydrogens is 337 g/mol. The Labute approximate surface area is 135 Å². The highest BCUT2D eigenvalue weighted by atomic mass is 79.9. The van der Waals surface area contributed by atoms with Gasteiger partial charge >= 0.3 is 0 Å². The lowest BCUT2D eigenvalue weighted by atomic mass is 10.1. The predicted molar refractivity (Wildman–Crippen MR) is 86.9 cm³/mol. The van der Waals surface area contributed by atoms with Crippen molar-refractivity contribution in [2.45, 2.75) is 45.9 Å². The number of rotatable bonds is 10. The van der Waals surface area contributed by atoms with Crippen LogP contribution in [0, 0.1) is 5.82 Å². The lowest BCUT2D eigenvalue weighted by Gasteiger charge is -2.28. The van der Waals surface area contributed by atoms with E-state index in [0.717, 1.165) is 24.9 Å². The number of nitrogens with one attached hydrogen (secondary N) is 1. The normalized spacial score (nSPS) is 12.9. The van der Waals surface area contributed by atoms with Crippen LogP contribution in [0.4, 0.5) is 4.39 Å². The van der Waals surface area contributed by atoms with Crippen LogP contribution in [0.2, 0.25) is 0 Å². The molecule has 3 nitrogen and oxygen atoms in total. The molecule has 0 saturated carbocycles. The minimum absolute atomic E-state index is 0.0437. The van der Waals surface area contributed by atoms with E-state index in [1.165, 1.54) is 6.07 Å². The fourth-order valence-corrected chi connectivity index (χ4v) is 2.55. The van der Waals surface area contributed by atoms with Gasteiger partial charge < -0.3 is 14.8 Å². The van der Waals surface area contributed by atoms with Gasteiger partial charge in [0.05, 0.1) is 10.5 Å². The number of ether oxygens (including phenoxy) is 2. The predicted octanol–water partition coefficient (Wildman–Crippen LogP) is 3.90. The zero-order valence-corrected chi connectivity index (χ0v) is 14.6. The molecule has 5 heteroatoms. The van der Waals surface area contributed by atoms with Gasteiger partial charge in [-0.15, -0.1) is 0 Å². The Bertz CT molecular complexity index is 411. The van der Waals surface area contributed by atoms with Gasteiger partial charge in [0, 0.05) is 13.2 Å². The molecule has 0 saturated heterocycles. The topological polar surface area (TPSA) is 30.5 Å². The SMILES string of the molecule is CCCNC(Cc1ccc(F)c(Br)c1)C(OCC)OCC. The summed E-state index contributed by atoms with van der Waals surface area (Å²) in [4.78, 5) is 0. The van der Waals surface area contributed by atoms with Crippen molar-refractivity contribution in [1.29, 1.82) is 0 Å². The van der Waals surface area contributed by atoms with Gasteiger partial charge in [-0.2, -0.15) is 0 Å². The molecule has 1 aromatic rings. The summed E-state index contributed by atoms with van der Waals surface area (Å²) in [7, 11) is 0. The summed E-state index contributed by atoms with van der Waals surface area (Å²) in [5.74, 6) is -0.247. The molecular formula is C16H25BrFNO2. The third kappa shape index (κ3) is 6.43. The molecule has 0 bridgehead atoms. The van der Waals surface area contributed by atoms with Crippen LogP contribution < -0.4 is 5.32 Å². The standard InChI is InChI=1S/C16H25BrFNO2/c1-4-9-19-15(16(20-5-2)21-6-3)11-12-7-8-14(18)13(17)10-12/h7-8,10,15-16,19H,4-6,9,11H2,1-3H3. The molecule has 0 amide bonds. The maximum atomic E-state index is 13.3. The van der Waals surface area contributed by atoms with Gasteiger partial charge in [-0.05, 0) is 66.9 Å². The monoisotopic (exact) mass is 361 g/mol. The van der Waals surface area contributed by atoms with Crippen LogP contribution >= 0.6 is 15.9 Å². The summed E-state index contributed by atoms with van der Waals surface area (Å²) < 4.78 is 25.2. The van der Waals surface area contributed by atoms with Crippen molar-refractivity contribution in [3.05, 3.63) is 34.1 Å². The van der Waals surface area contributed by atoms with Crippen molar-refractivity contribution in [3.63, 3.8) is 0 Å². The van der Waals surface area contributed by atoms with Crippen molar-refractivity contribution in [2.75, 3.05) is 19.8 Å². The molecule has 0 aliphatic rings. The number of halogens is 2. The van der Waals surface area contributed by atoms with E-state index in [2.05, 4.69) is 28.2 Å². The molecule has 0 spiro atoms. The van der Waals surface area contributed by atoms with Gasteiger partial charge in [0.15, 0.2) is 6.29 Å². The Morgan fingerprint density at radius 3 is 2.38 bits per heavy atom. The van der Waals surface area contributed by atoms with Crippen molar-refractivity contribution >= 4 is 15.9 Å². The number of hydrogen-bond acceptors (Lipinski definition) is 3. The smallest absolute Gasteiger partial charge is 0.172 e. The highest BCUT2D eigenvalue weighted by molar-refractivity contribution is 9.10. The molecule has 120 valence electrons. The Morgan fingerprint density at radius 2 is 1.86 bits per heavy atom. The largest absolute Gasteiger partial charge is 0.351 e. The van der Waals surface area contributed by atoms with Crippen LogP contribution in [0.3, 0.4) is 0 Å². The molecule has 0 aliphatic heterocycles. The quantitative estimate of drug-likeness (QED) is 0.641. The van der Waals surface area contributed by atoms with Gasteiger partial charge in [0.1, 0.15) is 5.82 Å². The Morgan fingerprint density at radius 1 is 1.19 bits per heavy atom. The summed E-state index contributed by atoms with van der Waals surface area (Å²) in [5.41, 5.74) is 1.04. The van der Waals surface area contributed by atoms with Gasteiger partial charge in [-0.1, -0.05) is 13.0 Å². The van der Waals surface area contributed by atoms with E-state index in [-0.39, 0.29) is 18.1 Å².